The third-order valence-corrected chi connectivity index (χ3v) is 3.18. The molecule has 4 nitrogen and oxygen atoms in total. The number of hydrogen-bond donors (Lipinski definition) is 2. The second-order valence-corrected chi connectivity index (χ2v) is 4.28. The normalized spacial score (nSPS) is 20.1. The van der Waals surface area contributed by atoms with Crippen molar-refractivity contribution in [1.29, 1.82) is 0 Å². The summed E-state index contributed by atoms with van der Waals surface area (Å²) in [6.07, 6.45) is 0.726. The zero-order valence-electron chi connectivity index (χ0n) is 8.63. The first kappa shape index (κ1) is 11.5. The van der Waals surface area contributed by atoms with E-state index in [1.165, 1.54) is 0 Å². The Bertz CT molecular complexity index is 425. The van der Waals surface area contributed by atoms with Crippen LogP contribution >= 0.6 is 23.2 Å². The van der Waals surface area contributed by atoms with Gasteiger partial charge in [0.15, 0.2) is 0 Å². The van der Waals surface area contributed by atoms with Gasteiger partial charge in [0.05, 0.1) is 10.0 Å². The lowest BCUT2D eigenvalue weighted by Crippen LogP contribution is -2.36. The number of nitrogens with zero attached hydrogens (tertiary/aromatic N) is 1. The van der Waals surface area contributed by atoms with Gasteiger partial charge in [-0.15, -0.1) is 0 Å². The topological polar surface area (TPSA) is 44.4 Å². The molecule has 0 spiro atoms. The third kappa shape index (κ3) is 1.96. The van der Waals surface area contributed by atoms with Crippen LogP contribution in [0, 0.1) is 0 Å². The van der Waals surface area contributed by atoms with Gasteiger partial charge in [0.25, 0.3) is 0 Å². The Balaban J connectivity index is 2.35. The number of nitrogens with one attached hydrogen (secondary N) is 2. The first-order valence-electron chi connectivity index (χ1n) is 4.93. The van der Waals surface area contributed by atoms with E-state index >= 15 is 0 Å². The highest BCUT2D eigenvalue weighted by molar-refractivity contribution is 6.42. The number of carbonyl (C=O) groups is 1. The number of urea groups is 1. The summed E-state index contributed by atoms with van der Waals surface area (Å²) in [4.78, 5) is 13.2. The molecule has 1 heterocycles. The summed E-state index contributed by atoms with van der Waals surface area (Å²) in [5.74, 6) is 0. The van der Waals surface area contributed by atoms with Gasteiger partial charge in [-0.2, -0.15) is 0 Å². The summed E-state index contributed by atoms with van der Waals surface area (Å²) in [6.45, 7) is 1.99. The molecule has 1 aliphatic heterocycles. The molecular weight excluding hydrogens is 249 g/mol. The van der Waals surface area contributed by atoms with Crippen molar-refractivity contribution in [2.24, 2.45) is 0 Å². The molecule has 0 aromatic heterocycles. The molecule has 0 radical (unpaired) electrons. The van der Waals surface area contributed by atoms with Crippen molar-refractivity contribution >= 4 is 34.9 Å². The molecule has 1 aliphatic rings. The van der Waals surface area contributed by atoms with E-state index in [-0.39, 0.29) is 12.2 Å². The second-order valence-electron chi connectivity index (χ2n) is 3.47. The van der Waals surface area contributed by atoms with Crippen molar-refractivity contribution in [3.63, 3.8) is 0 Å². The number of halogens is 2. The van der Waals surface area contributed by atoms with Crippen molar-refractivity contribution < 1.29 is 4.79 Å². The van der Waals surface area contributed by atoms with Crippen LogP contribution < -0.4 is 15.8 Å². The fourth-order valence-corrected chi connectivity index (χ4v) is 1.92. The van der Waals surface area contributed by atoms with Gasteiger partial charge in [-0.25, -0.2) is 10.2 Å². The van der Waals surface area contributed by atoms with Crippen LogP contribution in [0.2, 0.25) is 10.0 Å². The Labute approximate surface area is 103 Å². The molecule has 1 fully saturated rings. The Morgan fingerprint density at radius 2 is 2.12 bits per heavy atom. The zero-order chi connectivity index (χ0) is 11.7. The summed E-state index contributed by atoms with van der Waals surface area (Å²) >= 11 is 11.7. The lowest BCUT2D eigenvalue weighted by molar-refractivity contribution is 0.250. The molecule has 86 valence electrons. The van der Waals surface area contributed by atoms with Crippen LogP contribution in [-0.4, -0.2) is 12.2 Å². The minimum absolute atomic E-state index is 0.0651. The van der Waals surface area contributed by atoms with E-state index in [1.54, 1.807) is 23.1 Å². The summed E-state index contributed by atoms with van der Waals surface area (Å²) < 4.78 is 0. The predicted octanol–water partition coefficient (Wildman–Crippen LogP) is 2.76. The van der Waals surface area contributed by atoms with E-state index in [1.807, 2.05) is 6.92 Å². The van der Waals surface area contributed by atoms with Crippen molar-refractivity contribution in [3.8, 4) is 0 Å². The Hall–Kier alpha value is -0.970. The number of hydrazine groups is 1. The van der Waals surface area contributed by atoms with Crippen molar-refractivity contribution in [2.45, 2.75) is 19.5 Å². The maximum absolute atomic E-state index is 11.6. The highest BCUT2D eigenvalue weighted by atomic mass is 35.5. The molecule has 0 saturated carbocycles. The maximum atomic E-state index is 11.6. The van der Waals surface area contributed by atoms with Crippen LogP contribution in [0.1, 0.15) is 13.3 Å². The molecule has 1 unspecified atom stereocenters. The highest BCUT2D eigenvalue weighted by Gasteiger charge is 2.30. The summed E-state index contributed by atoms with van der Waals surface area (Å²) in [5.41, 5.74) is 6.18. The molecule has 0 aliphatic carbocycles. The van der Waals surface area contributed by atoms with E-state index in [0.29, 0.717) is 10.0 Å². The zero-order valence-corrected chi connectivity index (χ0v) is 10.1. The minimum atomic E-state index is -0.190. The Kier molecular flexibility index (Phi) is 3.23. The van der Waals surface area contributed by atoms with Crippen LogP contribution in [0.5, 0.6) is 0 Å². The van der Waals surface area contributed by atoms with E-state index in [2.05, 4.69) is 10.9 Å². The van der Waals surface area contributed by atoms with Gasteiger partial charge in [0.1, 0.15) is 6.17 Å². The van der Waals surface area contributed by atoms with Gasteiger partial charge >= 0.3 is 6.03 Å². The van der Waals surface area contributed by atoms with Crippen LogP contribution in [0.4, 0.5) is 10.5 Å². The Morgan fingerprint density at radius 3 is 2.75 bits per heavy atom. The molecule has 1 aromatic rings. The summed E-state index contributed by atoms with van der Waals surface area (Å²) in [7, 11) is 0. The molecule has 16 heavy (non-hydrogen) atoms. The smallest absolute Gasteiger partial charge is 0.276 e. The fraction of sp³-hybridized carbons (Fsp3) is 0.300. The van der Waals surface area contributed by atoms with E-state index in [9.17, 15) is 4.79 Å². The summed E-state index contributed by atoms with van der Waals surface area (Å²) in [6, 6.07) is 4.94. The second kappa shape index (κ2) is 4.49. The van der Waals surface area contributed by atoms with Gasteiger partial charge < -0.3 is 0 Å². The lowest BCUT2D eigenvalue weighted by Gasteiger charge is -2.21. The van der Waals surface area contributed by atoms with Crippen LogP contribution in [0.25, 0.3) is 0 Å². The minimum Gasteiger partial charge on any atom is -0.276 e. The number of carbonyl (C=O) groups excluding carboxylic acids is 1. The molecule has 1 aromatic carbocycles. The molecular formula is C10H11Cl2N3O. The molecule has 1 saturated heterocycles. The van der Waals surface area contributed by atoms with Crippen LogP contribution in [0.3, 0.4) is 0 Å². The maximum Gasteiger partial charge on any atom is 0.337 e. The number of amides is 2. The van der Waals surface area contributed by atoms with Crippen molar-refractivity contribution in [1.82, 2.24) is 10.9 Å². The highest BCUT2D eigenvalue weighted by Crippen LogP contribution is 2.29. The van der Waals surface area contributed by atoms with Gasteiger partial charge in [0.2, 0.25) is 0 Å². The standard InChI is InChI=1S/C10H11Cl2N3O/c1-2-9-13-14-10(16)15(9)6-3-4-7(11)8(12)5-6/h3-5,9,13H,2H2,1H3,(H,14,16). The fourth-order valence-electron chi connectivity index (χ4n) is 1.63. The lowest BCUT2D eigenvalue weighted by atomic mass is 10.2. The quantitative estimate of drug-likeness (QED) is 0.858. The van der Waals surface area contributed by atoms with Crippen molar-refractivity contribution in [3.05, 3.63) is 28.2 Å². The van der Waals surface area contributed by atoms with Gasteiger partial charge in [-0.05, 0) is 24.6 Å². The first-order valence-corrected chi connectivity index (χ1v) is 5.69. The summed E-state index contributed by atoms with van der Waals surface area (Å²) in [5, 5.41) is 0.916. The van der Waals surface area contributed by atoms with Crippen molar-refractivity contribution in [2.75, 3.05) is 4.90 Å². The number of hydrogen-bond acceptors (Lipinski definition) is 2. The molecule has 2 N–H and O–H groups in total. The SMILES string of the molecule is CCC1NNC(=O)N1c1ccc(Cl)c(Cl)c1. The van der Waals surface area contributed by atoms with E-state index < -0.39 is 0 Å². The molecule has 6 heteroatoms. The van der Waals surface area contributed by atoms with Crippen LogP contribution in [0.15, 0.2) is 18.2 Å². The number of rotatable bonds is 2. The monoisotopic (exact) mass is 259 g/mol. The molecule has 0 bridgehead atoms. The predicted molar refractivity (Wildman–Crippen MR) is 64.7 cm³/mol. The van der Waals surface area contributed by atoms with Gasteiger partial charge in [-0.3, -0.25) is 10.3 Å². The average molecular weight is 260 g/mol. The molecule has 1 atom stereocenters. The van der Waals surface area contributed by atoms with Gasteiger partial charge in [0, 0.05) is 5.69 Å². The van der Waals surface area contributed by atoms with E-state index in [0.717, 1.165) is 12.1 Å². The number of anilines is 1. The first-order chi connectivity index (χ1) is 7.63. The Morgan fingerprint density at radius 1 is 1.38 bits per heavy atom. The third-order valence-electron chi connectivity index (χ3n) is 2.44. The molecule has 2 rings (SSSR count). The van der Waals surface area contributed by atoms with E-state index in [4.69, 9.17) is 23.2 Å². The van der Waals surface area contributed by atoms with Crippen LogP contribution in [-0.2, 0) is 0 Å². The largest absolute Gasteiger partial charge is 0.337 e. The number of benzene rings is 1. The van der Waals surface area contributed by atoms with Gasteiger partial charge in [-0.1, -0.05) is 30.1 Å². The molecule has 2 amide bonds. The average Bonchev–Trinajstić information content (AvgIpc) is 2.64.